The van der Waals surface area contributed by atoms with Gasteiger partial charge in [0.1, 0.15) is 15.6 Å². The molecule has 0 bridgehead atoms. The first-order chi connectivity index (χ1) is 19.7. The monoisotopic (exact) mass is 696 g/mol. The first-order valence-electron chi connectivity index (χ1n) is 12.6. The average Bonchev–Trinajstić information content (AvgIpc) is 3.63. The Balaban J connectivity index is 0.000000238. The smallest absolute Gasteiger partial charge is 0.310 e. The first kappa shape index (κ1) is 35.5. The van der Waals surface area contributed by atoms with Crippen molar-refractivity contribution in [1.82, 2.24) is 0 Å². The van der Waals surface area contributed by atoms with Gasteiger partial charge >= 0.3 is 5.97 Å². The van der Waals surface area contributed by atoms with Crippen molar-refractivity contribution < 1.29 is 44.7 Å². The molecule has 2 nitrogen and oxygen atoms in total. The zero-order valence-corrected chi connectivity index (χ0v) is 25.9. The SMILES string of the molecule is CC1(C)[C@H](C=C(Cl)Cl)[C@H]1C(=O)OCc1c(F)c(F)cc(F)c1F.CC1(C)[C@H](C=C(Cl)Cl)[C@H]1Cc1c(F)c(F)cc(F)c1F. The minimum absolute atomic E-state index is 0.0114. The number of rotatable bonds is 7. The number of halogens is 12. The number of benzene rings is 2. The van der Waals surface area contributed by atoms with Gasteiger partial charge in [0.25, 0.3) is 0 Å². The molecule has 0 aliphatic heterocycles. The van der Waals surface area contributed by atoms with Crippen LogP contribution in [0.1, 0.15) is 38.8 Å². The standard InChI is InChI=1S/C15H12Cl2F4O2.C14H12Cl2F4/c1-15(2)7(3-10(16)17)11(15)14(22)23-5-6-12(20)8(18)4-9(19)13(6)21;1-14(2)7(8(14)4-11(15)16)3-6-12(19)9(17)5-10(18)13(6)20/h3-4,7,11H,5H2,1-2H3;4-5,7-8H,3H2,1-2H3/t7-,11+;7-,8-/m11/s1. The summed E-state index contributed by atoms with van der Waals surface area (Å²) in [5.41, 5.74) is -2.31. The number of ether oxygens (including phenoxy) is 1. The van der Waals surface area contributed by atoms with E-state index in [1.165, 1.54) is 6.08 Å². The molecular formula is C29H24Cl4F8O2. The Morgan fingerprint density at radius 2 is 1.09 bits per heavy atom. The highest BCUT2D eigenvalue weighted by molar-refractivity contribution is 6.56. The molecule has 4 rings (SSSR count). The van der Waals surface area contributed by atoms with Gasteiger partial charge in [0, 0.05) is 17.7 Å². The van der Waals surface area contributed by atoms with Gasteiger partial charge in [-0.1, -0.05) is 80.2 Å². The topological polar surface area (TPSA) is 26.3 Å². The van der Waals surface area contributed by atoms with Crippen LogP contribution in [0.2, 0.25) is 0 Å². The van der Waals surface area contributed by atoms with E-state index in [0.717, 1.165) is 0 Å². The summed E-state index contributed by atoms with van der Waals surface area (Å²) in [7, 11) is 0. The molecule has 2 aliphatic rings. The van der Waals surface area contributed by atoms with Gasteiger partial charge in [0.05, 0.1) is 11.5 Å². The van der Waals surface area contributed by atoms with Gasteiger partial charge in [0.2, 0.25) is 0 Å². The summed E-state index contributed by atoms with van der Waals surface area (Å²) < 4.78 is 112. The number of carbonyl (C=O) groups is 1. The lowest BCUT2D eigenvalue weighted by molar-refractivity contribution is -0.147. The molecule has 2 aromatic rings. The molecule has 43 heavy (non-hydrogen) atoms. The maximum absolute atomic E-state index is 13.6. The van der Waals surface area contributed by atoms with Gasteiger partial charge in [-0.15, -0.1) is 0 Å². The molecule has 0 saturated heterocycles. The van der Waals surface area contributed by atoms with Crippen molar-refractivity contribution in [3.63, 3.8) is 0 Å². The third-order valence-electron chi connectivity index (χ3n) is 8.10. The molecule has 4 atom stereocenters. The predicted octanol–water partition coefficient (Wildman–Crippen LogP) is 10.3. The van der Waals surface area contributed by atoms with Crippen molar-refractivity contribution in [3.05, 3.63) is 90.9 Å². The van der Waals surface area contributed by atoms with E-state index in [1.807, 2.05) is 13.8 Å². The third-order valence-corrected chi connectivity index (χ3v) is 8.61. The Morgan fingerprint density at radius 3 is 1.51 bits per heavy atom. The van der Waals surface area contributed by atoms with E-state index >= 15 is 0 Å². The van der Waals surface area contributed by atoms with Crippen molar-refractivity contribution >= 4 is 52.4 Å². The van der Waals surface area contributed by atoms with Crippen molar-refractivity contribution in [2.24, 2.45) is 34.5 Å². The van der Waals surface area contributed by atoms with Crippen molar-refractivity contribution in [2.75, 3.05) is 0 Å². The van der Waals surface area contributed by atoms with Crippen molar-refractivity contribution in [1.29, 1.82) is 0 Å². The van der Waals surface area contributed by atoms with Crippen LogP contribution in [0, 0.1) is 81.0 Å². The van der Waals surface area contributed by atoms with Gasteiger partial charge in [-0.05, 0) is 41.1 Å². The summed E-state index contributed by atoms with van der Waals surface area (Å²) in [6.07, 6.45) is 2.94. The Bertz CT molecular complexity index is 1430. The second-order valence-electron chi connectivity index (χ2n) is 11.4. The van der Waals surface area contributed by atoms with Gasteiger partial charge in [-0.2, -0.15) is 0 Å². The van der Waals surface area contributed by atoms with Crippen LogP contribution in [0.25, 0.3) is 0 Å². The van der Waals surface area contributed by atoms with Gasteiger partial charge in [-0.25, -0.2) is 35.1 Å². The number of esters is 1. The first-order valence-corrected chi connectivity index (χ1v) is 14.1. The van der Waals surface area contributed by atoms with Gasteiger partial charge < -0.3 is 4.74 Å². The van der Waals surface area contributed by atoms with Crippen LogP contribution in [-0.4, -0.2) is 5.97 Å². The highest BCUT2D eigenvalue weighted by Crippen LogP contribution is 2.61. The van der Waals surface area contributed by atoms with E-state index in [1.54, 1.807) is 19.9 Å². The zero-order valence-electron chi connectivity index (χ0n) is 22.9. The predicted molar refractivity (Wildman–Crippen MR) is 147 cm³/mol. The summed E-state index contributed by atoms with van der Waals surface area (Å²) in [4.78, 5) is 12.0. The third kappa shape index (κ3) is 7.63. The largest absolute Gasteiger partial charge is 0.460 e. The lowest BCUT2D eigenvalue weighted by Gasteiger charge is -2.09. The van der Waals surface area contributed by atoms with E-state index < -0.39 is 81.6 Å². The highest BCUT2D eigenvalue weighted by atomic mass is 35.5. The van der Waals surface area contributed by atoms with E-state index in [0.29, 0.717) is 0 Å². The van der Waals surface area contributed by atoms with Crippen molar-refractivity contribution in [2.45, 2.75) is 40.7 Å². The second-order valence-corrected chi connectivity index (χ2v) is 13.4. The molecule has 0 amide bonds. The lowest BCUT2D eigenvalue weighted by Crippen LogP contribution is -2.13. The fraction of sp³-hybridized carbons (Fsp3) is 0.414. The van der Waals surface area contributed by atoms with Crippen LogP contribution in [-0.2, 0) is 22.6 Å². The van der Waals surface area contributed by atoms with Crippen LogP contribution >= 0.6 is 46.4 Å². The molecule has 0 aromatic heterocycles. The molecule has 14 heteroatoms. The molecule has 236 valence electrons. The van der Waals surface area contributed by atoms with Crippen molar-refractivity contribution in [3.8, 4) is 0 Å². The Kier molecular flexibility index (Phi) is 10.8. The number of hydrogen-bond acceptors (Lipinski definition) is 2. The summed E-state index contributed by atoms with van der Waals surface area (Å²) in [6, 6.07) is 0.294. The average molecular weight is 698 g/mol. The van der Waals surface area contributed by atoms with Crippen LogP contribution in [0.5, 0.6) is 0 Å². The van der Waals surface area contributed by atoms with Gasteiger partial charge in [-0.3, -0.25) is 4.79 Å². The minimum atomic E-state index is -1.59. The Morgan fingerprint density at radius 1 is 0.698 bits per heavy atom. The lowest BCUT2D eigenvalue weighted by atomic mass is 10.0. The van der Waals surface area contributed by atoms with Crippen LogP contribution in [0.4, 0.5) is 35.1 Å². The van der Waals surface area contributed by atoms with Gasteiger partial charge in [0.15, 0.2) is 46.5 Å². The van der Waals surface area contributed by atoms with Crippen LogP contribution < -0.4 is 0 Å². The maximum Gasteiger partial charge on any atom is 0.310 e. The number of hydrogen-bond donors (Lipinski definition) is 0. The van der Waals surface area contributed by atoms with E-state index in [2.05, 4.69) is 0 Å². The summed E-state index contributed by atoms with van der Waals surface area (Å²) in [5, 5.41) is 0. The number of carbonyl (C=O) groups excluding carboxylic acids is 1. The molecule has 2 fully saturated rings. The maximum atomic E-state index is 13.6. The molecule has 2 aromatic carbocycles. The second kappa shape index (κ2) is 13.2. The Labute approximate surface area is 262 Å². The molecule has 0 unspecified atom stereocenters. The van der Waals surface area contributed by atoms with E-state index in [-0.39, 0.29) is 50.7 Å². The molecular weight excluding hydrogens is 674 g/mol. The summed E-state index contributed by atoms with van der Waals surface area (Å²) in [5.74, 6) is -13.7. The molecule has 2 saturated carbocycles. The zero-order chi connectivity index (χ0) is 32.8. The fourth-order valence-electron chi connectivity index (χ4n) is 5.22. The fourth-order valence-corrected chi connectivity index (χ4v) is 5.76. The molecule has 2 aliphatic carbocycles. The molecule has 0 spiro atoms. The number of allylic oxidation sites excluding steroid dienone is 2. The molecule has 0 heterocycles. The van der Waals surface area contributed by atoms with E-state index in [9.17, 15) is 39.9 Å². The molecule has 0 radical (unpaired) electrons. The quantitative estimate of drug-likeness (QED) is 0.164. The highest BCUT2D eigenvalue weighted by Gasteiger charge is 2.61. The minimum Gasteiger partial charge on any atom is -0.460 e. The summed E-state index contributed by atoms with van der Waals surface area (Å²) in [6.45, 7) is 6.37. The molecule has 0 N–H and O–H groups in total. The van der Waals surface area contributed by atoms with Crippen LogP contribution in [0.3, 0.4) is 0 Å². The van der Waals surface area contributed by atoms with Crippen LogP contribution in [0.15, 0.2) is 33.3 Å². The Hall–Kier alpha value is -2.01. The van der Waals surface area contributed by atoms with E-state index in [4.69, 9.17) is 51.1 Å². The summed E-state index contributed by atoms with van der Waals surface area (Å²) >= 11 is 22.3. The normalized spacial score (nSPS) is 22.6.